The van der Waals surface area contributed by atoms with Gasteiger partial charge in [0.25, 0.3) is 0 Å². The molecule has 0 bridgehead atoms. The number of piperazine rings is 1. The van der Waals surface area contributed by atoms with Crippen LogP contribution < -0.4 is 0 Å². The molecule has 1 atom stereocenters. The predicted octanol–water partition coefficient (Wildman–Crippen LogP) is 2.58. The van der Waals surface area contributed by atoms with Crippen molar-refractivity contribution in [3.8, 4) is 0 Å². The van der Waals surface area contributed by atoms with Crippen molar-refractivity contribution >= 4 is 26.8 Å². The molecule has 1 aromatic heterocycles. The van der Waals surface area contributed by atoms with E-state index >= 15 is 0 Å². The van der Waals surface area contributed by atoms with Gasteiger partial charge in [0.15, 0.2) is 0 Å². The summed E-state index contributed by atoms with van der Waals surface area (Å²) < 4.78 is 28.4. The number of amides is 1. The summed E-state index contributed by atoms with van der Waals surface area (Å²) in [5.41, 5.74) is 0.470. The lowest BCUT2D eigenvalue weighted by Crippen LogP contribution is -2.59. The Bertz CT molecular complexity index is 1060. The number of carbonyl (C=O) groups is 1. The van der Waals surface area contributed by atoms with E-state index in [1.54, 1.807) is 22.6 Å². The average Bonchev–Trinajstić information content (AvgIpc) is 3.24. The van der Waals surface area contributed by atoms with Gasteiger partial charge in [-0.15, -0.1) is 0 Å². The lowest BCUT2D eigenvalue weighted by molar-refractivity contribution is -0.134. The zero-order valence-electron chi connectivity index (χ0n) is 18.6. The van der Waals surface area contributed by atoms with E-state index in [9.17, 15) is 13.2 Å². The third-order valence-corrected chi connectivity index (χ3v) is 8.85. The molecule has 2 aromatic rings. The molecular formula is C23H32N4O3S. The lowest BCUT2D eigenvalue weighted by Gasteiger charge is -2.45. The quantitative estimate of drug-likeness (QED) is 0.709. The lowest BCUT2D eigenvalue weighted by atomic mass is 9.92. The molecule has 2 saturated heterocycles. The van der Waals surface area contributed by atoms with E-state index < -0.39 is 10.0 Å². The fourth-order valence-electron chi connectivity index (χ4n) is 5.01. The van der Waals surface area contributed by atoms with Crippen molar-refractivity contribution < 1.29 is 13.2 Å². The fourth-order valence-corrected chi connectivity index (χ4v) is 6.59. The summed E-state index contributed by atoms with van der Waals surface area (Å²) in [5.74, 6) is 0.212. The molecule has 7 nitrogen and oxygen atoms in total. The van der Waals surface area contributed by atoms with E-state index in [2.05, 4.69) is 16.8 Å². The first-order valence-corrected chi connectivity index (χ1v) is 12.6. The van der Waals surface area contributed by atoms with Gasteiger partial charge in [-0.25, -0.2) is 8.42 Å². The summed E-state index contributed by atoms with van der Waals surface area (Å²) in [6.07, 6.45) is 3.53. The van der Waals surface area contributed by atoms with Gasteiger partial charge in [-0.1, -0.05) is 39.0 Å². The van der Waals surface area contributed by atoms with Crippen LogP contribution in [0, 0.1) is 5.92 Å². The molecule has 0 unspecified atom stereocenters. The summed E-state index contributed by atoms with van der Waals surface area (Å²) in [6, 6.07) is 9.01. The third kappa shape index (κ3) is 3.97. The van der Waals surface area contributed by atoms with E-state index in [4.69, 9.17) is 0 Å². The highest BCUT2D eigenvalue weighted by Crippen LogP contribution is 2.34. The van der Waals surface area contributed by atoms with Crippen molar-refractivity contribution in [1.29, 1.82) is 0 Å². The van der Waals surface area contributed by atoms with Crippen molar-refractivity contribution in [3.63, 3.8) is 0 Å². The summed E-state index contributed by atoms with van der Waals surface area (Å²) in [7, 11) is -3.62. The van der Waals surface area contributed by atoms with Crippen LogP contribution in [0.3, 0.4) is 0 Å². The monoisotopic (exact) mass is 444 g/mol. The van der Waals surface area contributed by atoms with Crippen LogP contribution in [0.2, 0.25) is 0 Å². The predicted molar refractivity (Wildman–Crippen MR) is 121 cm³/mol. The number of rotatable bonds is 5. The standard InChI is InChI=1S/C23H32N4O3S/c1-4-23(10-12-25(17-23)22(28)18(2)3)26-13-15-27(16-14-26)31(29,30)20-9-5-7-19-8-6-11-24-21(19)20/h5-9,11,18H,4,10,12-17H2,1-3H3/t23-/m1/s1. The maximum Gasteiger partial charge on any atom is 0.245 e. The highest BCUT2D eigenvalue weighted by Gasteiger charge is 2.45. The van der Waals surface area contributed by atoms with E-state index in [1.807, 2.05) is 36.9 Å². The molecule has 1 aromatic carbocycles. The van der Waals surface area contributed by atoms with Crippen LogP contribution in [-0.4, -0.2) is 78.2 Å². The molecule has 2 aliphatic heterocycles. The first kappa shape index (κ1) is 22.2. The van der Waals surface area contributed by atoms with Crippen molar-refractivity contribution in [2.24, 2.45) is 5.92 Å². The van der Waals surface area contributed by atoms with Crippen molar-refractivity contribution in [2.45, 2.75) is 44.0 Å². The maximum absolute atomic E-state index is 13.4. The molecule has 168 valence electrons. The zero-order valence-corrected chi connectivity index (χ0v) is 19.4. The van der Waals surface area contributed by atoms with Crippen LogP contribution in [0.5, 0.6) is 0 Å². The van der Waals surface area contributed by atoms with Crippen molar-refractivity contribution in [2.75, 3.05) is 39.3 Å². The first-order valence-electron chi connectivity index (χ1n) is 11.2. The van der Waals surface area contributed by atoms with Crippen LogP contribution in [-0.2, 0) is 14.8 Å². The number of pyridine rings is 1. The summed E-state index contributed by atoms with van der Waals surface area (Å²) in [6.45, 7) is 9.83. The molecule has 3 heterocycles. The Balaban J connectivity index is 1.50. The Labute approximate surface area is 185 Å². The van der Waals surface area contributed by atoms with Crippen LogP contribution in [0.1, 0.15) is 33.6 Å². The number of nitrogens with zero attached hydrogens (tertiary/aromatic N) is 4. The van der Waals surface area contributed by atoms with Crippen LogP contribution in [0.4, 0.5) is 0 Å². The van der Waals surface area contributed by atoms with E-state index in [0.29, 0.717) is 31.7 Å². The maximum atomic E-state index is 13.4. The second kappa shape index (κ2) is 8.48. The van der Waals surface area contributed by atoms with Crippen LogP contribution >= 0.6 is 0 Å². The molecule has 0 aliphatic carbocycles. The number of hydrogen-bond acceptors (Lipinski definition) is 5. The molecule has 2 fully saturated rings. The van der Waals surface area contributed by atoms with Gasteiger partial charge in [0.1, 0.15) is 4.90 Å². The minimum atomic E-state index is -3.62. The Morgan fingerprint density at radius 1 is 1.10 bits per heavy atom. The zero-order chi connectivity index (χ0) is 22.2. The minimum Gasteiger partial charge on any atom is -0.341 e. The number of para-hydroxylation sites is 1. The van der Waals surface area contributed by atoms with Gasteiger partial charge in [0.2, 0.25) is 15.9 Å². The minimum absolute atomic E-state index is 0.00366. The second-order valence-electron chi connectivity index (χ2n) is 8.96. The Morgan fingerprint density at radius 3 is 2.48 bits per heavy atom. The molecule has 1 amide bonds. The van der Waals surface area contributed by atoms with Crippen LogP contribution in [0.25, 0.3) is 10.9 Å². The molecule has 0 saturated carbocycles. The van der Waals surface area contributed by atoms with Gasteiger partial charge in [-0.2, -0.15) is 4.31 Å². The number of sulfonamides is 1. The molecule has 4 rings (SSSR count). The summed E-state index contributed by atoms with van der Waals surface area (Å²) in [4.78, 5) is 21.5. The molecule has 8 heteroatoms. The van der Waals surface area contributed by atoms with E-state index in [-0.39, 0.29) is 22.3 Å². The molecule has 0 spiro atoms. The number of carbonyl (C=O) groups excluding carboxylic acids is 1. The van der Waals surface area contributed by atoms with Gasteiger partial charge < -0.3 is 4.90 Å². The SMILES string of the molecule is CC[C@@]1(N2CCN(S(=O)(=O)c3cccc4cccnc34)CC2)CCN(C(=O)C(C)C)C1. The van der Waals surface area contributed by atoms with Crippen molar-refractivity contribution in [3.05, 3.63) is 36.5 Å². The Hall–Kier alpha value is -2.03. The fraction of sp³-hybridized carbons (Fsp3) is 0.565. The summed E-state index contributed by atoms with van der Waals surface area (Å²) in [5, 5.41) is 0.827. The van der Waals surface area contributed by atoms with Gasteiger partial charge in [0, 0.05) is 62.3 Å². The van der Waals surface area contributed by atoms with Gasteiger partial charge in [0.05, 0.1) is 5.52 Å². The number of likely N-dealkylation sites (tertiary alicyclic amines) is 1. The molecule has 0 radical (unpaired) electrons. The van der Waals surface area contributed by atoms with Gasteiger partial charge in [-0.05, 0) is 25.0 Å². The highest BCUT2D eigenvalue weighted by atomic mass is 32.2. The highest BCUT2D eigenvalue weighted by molar-refractivity contribution is 7.89. The molecule has 31 heavy (non-hydrogen) atoms. The van der Waals surface area contributed by atoms with E-state index in [0.717, 1.165) is 31.3 Å². The molecule has 2 aliphatic rings. The number of hydrogen-bond donors (Lipinski definition) is 0. The molecular weight excluding hydrogens is 412 g/mol. The van der Waals surface area contributed by atoms with E-state index in [1.165, 1.54) is 0 Å². The smallest absolute Gasteiger partial charge is 0.245 e. The Morgan fingerprint density at radius 2 is 1.81 bits per heavy atom. The third-order valence-electron chi connectivity index (χ3n) is 6.92. The Kier molecular flexibility index (Phi) is 6.07. The summed E-state index contributed by atoms with van der Waals surface area (Å²) >= 11 is 0. The van der Waals surface area contributed by atoms with Crippen LogP contribution in [0.15, 0.2) is 41.4 Å². The normalized spacial score (nSPS) is 23.7. The number of fused-ring (bicyclic) bond motifs is 1. The topological polar surface area (TPSA) is 73.8 Å². The largest absolute Gasteiger partial charge is 0.341 e. The average molecular weight is 445 g/mol. The molecule has 0 N–H and O–H groups in total. The van der Waals surface area contributed by atoms with Gasteiger partial charge in [-0.3, -0.25) is 14.7 Å². The number of benzene rings is 1. The first-order chi connectivity index (χ1) is 14.8. The number of aromatic nitrogens is 1. The van der Waals surface area contributed by atoms with Gasteiger partial charge >= 0.3 is 0 Å². The second-order valence-corrected chi connectivity index (χ2v) is 10.9. The van der Waals surface area contributed by atoms with Crippen molar-refractivity contribution in [1.82, 2.24) is 19.1 Å².